The molecule has 154 valence electrons. The second kappa shape index (κ2) is 8.76. The monoisotopic (exact) mass is 400 g/mol. The normalized spacial score (nSPS) is 12.1. The number of aromatic amines is 1. The number of aryl methyl sites for hydroxylation is 2. The molecule has 0 saturated carbocycles. The SMILES string of the molecule is CCCCn1c(=O)[nH]c(=O)c2c1nc(COC(=O)[C@H](C)Oc1ccccc1)n2C. The second-order valence-electron chi connectivity index (χ2n) is 6.70. The molecule has 2 aromatic heterocycles. The van der Waals surface area contributed by atoms with Crippen LogP contribution in [0, 0.1) is 0 Å². The number of fused-ring (bicyclic) bond motifs is 1. The van der Waals surface area contributed by atoms with Crippen LogP contribution in [0.2, 0.25) is 0 Å². The quantitative estimate of drug-likeness (QED) is 0.577. The standard InChI is InChI=1S/C20H24N4O5/c1-4-5-11-24-17-16(18(25)22-20(24)27)23(3)15(21-17)12-28-19(26)13(2)29-14-9-7-6-8-10-14/h6-10,13H,4-5,11-12H2,1-3H3,(H,22,25,27)/t13-/m0/s1. The Morgan fingerprint density at radius 1 is 1.24 bits per heavy atom. The smallest absolute Gasteiger partial charge is 0.347 e. The number of nitrogens with one attached hydrogen (secondary N) is 1. The number of para-hydroxylation sites is 1. The lowest BCUT2D eigenvalue weighted by Gasteiger charge is -2.13. The molecular formula is C20H24N4O5. The van der Waals surface area contributed by atoms with Crippen molar-refractivity contribution in [2.45, 2.75) is 45.9 Å². The number of imidazole rings is 1. The molecule has 1 atom stereocenters. The fraction of sp³-hybridized carbons (Fsp3) is 0.400. The maximum absolute atomic E-state index is 12.3. The van der Waals surface area contributed by atoms with Crippen molar-refractivity contribution in [3.8, 4) is 5.75 Å². The highest BCUT2D eigenvalue weighted by Gasteiger charge is 2.20. The maximum atomic E-state index is 12.3. The maximum Gasteiger partial charge on any atom is 0.347 e. The van der Waals surface area contributed by atoms with Crippen LogP contribution in [-0.2, 0) is 29.7 Å². The lowest BCUT2D eigenvalue weighted by atomic mass is 10.3. The zero-order valence-corrected chi connectivity index (χ0v) is 16.7. The molecule has 0 fully saturated rings. The number of benzene rings is 1. The van der Waals surface area contributed by atoms with Crippen molar-refractivity contribution in [2.75, 3.05) is 0 Å². The van der Waals surface area contributed by atoms with Gasteiger partial charge in [-0.05, 0) is 25.5 Å². The summed E-state index contributed by atoms with van der Waals surface area (Å²) in [5.41, 5.74) is -0.469. The highest BCUT2D eigenvalue weighted by atomic mass is 16.6. The Morgan fingerprint density at radius 2 is 1.97 bits per heavy atom. The fourth-order valence-corrected chi connectivity index (χ4v) is 2.95. The minimum Gasteiger partial charge on any atom is -0.479 e. The number of ether oxygens (including phenoxy) is 2. The number of aromatic nitrogens is 4. The van der Waals surface area contributed by atoms with Crippen molar-refractivity contribution in [3.05, 3.63) is 57.0 Å². The van der Waals surface area contributed by atoms with Crippen molar-refractivity contribution < 1.29 is 14.3 Å². The van der Waals surface area contributed by atoms with Crippen molar-refractivity contribution >= 4 is 17.1 Å². The average Bonchev–Trinajstić information content (AvgIpc) is 3.03. The topological polar surface area (TPSA) is 108 Å². The molecule has 0 aliphatic carbocycles. The van der Waals surface area contributed by atoms with E-state index in [1.807, 2.05) is 25.1 Å². The van der Waals surface area contributed by atoms with E-state index in [4.69, 9.17) is 9.47 Å². The van der Waals surface area contributed by atoms with Gasteiger partial charge in [-0.25, -0.2) is 14.6 Å². The molecule has 0 amide bonds. The van der Waals surface area contributed by atoms with E-state index in [0.717, 1.165) is 12.8 Å². The summed E-state index contributed by atoms with van der Waals surface area (Å²) in [6, 6.07) is 8.96. The van der Waals surface area contributed by atoms with E-state index >= 15 is 0 Å². The molecule has 9 heteroatoms. The van der Waals surface area contributed by atoms with E-state index in [2.05, 4.69) is 9.97 Å². The summed E-state index contributed by atoms with van der Waals surface area (Å²) >= 11 is 0. The molecule has 3 rings (SSSR count). The van der Waals surface area contributed by atoms with Crippen LogP contribution in [0.1, 0.15) is 32.5 Å². The lowest BCUT2D eigenvalue weighted by Crippen LogP contribution is -2.31. The third kappa shape index (κ3) is 4.39. The molecule has 29 heavy (non-hydrogen) atoms. The molecule has 2 heterocycles. The minimum absolute atomic E-state index is 0.145. The molecule has 0 unspecified atom stereocenters. The summed E-state index contributed by atoms with van der Waals surface area (Å²) in [6.45, 7) is 3.90. The summed E-state index contributed by atoms with van der Waals surface area (Å²) in [7, 11) is 1.65. The van der Waals surface area contributed by atoms with E-state index in [0.29, 0.717) is 18.1 Å². The molecule has 9 nitrogen and oxygen atoms in total. The molecule has 0 bridgehead atoms. The number of hydrogen-bond acceptors (Lipinski definition) is 6. The van der Waals surface area contributed by atoms with Crippen LogP contribution in [0.4, 0.5) is 0 Å². The van der Waals surface area contributed by atoms with E-state index in [1.54, 1.807) is 26.1 Å². The number of rotatable bonds is 8. The van der Waals surface area contributed by atoms with Gasteiger partial charge in [0.05, 0.1) is 0 Å². The van der Waals surface area contributed by atoms with Gasteiger partial charge in [-0.15, -0.1) is 0 Å². The van der Waals surface area contributed by atoms with Crippen LogP contribution in [0.15, 0.2) is 39.9 Å². The van der Waals surface area contributed by atoms with Crippen LogP contribution in [0.3, 0.4) is 0 Å². The zero-order valence-electron chi connectivity index (χ0n) is 16.7. The predicted molar refractivity (Wildman–Crippen MR) is 107 cm³/mol. The number of H-pyrrole nitrogens is 1. The lowest BCUT2D eigenvalue weighted by molar-refractivity contribution is -0.152. The molecule has 0 aliphatic rings. The van der Waals surface area contributed by atoms with E-state index < -0.39 is 23.3 Å². The van der Waals surface area contributed by atoms with Gasteiger partial charge in [-0.3, -0.25) is 14.3 Å². The Hall–Kier alpha value is -3.36. The minimum atomic E-state index is -0.807. The molecule has 0 aliphatic heterocycles. The van der Waals surface area contributed by atoms with Gasteiger partial charge in [-0.2, -0.15) is 0 Å². The third-order valence-electron chi connectivity index (χ3n) is 4.57. The van der Waals surface area contributed by atoms with E-state index in [1.165, 1.54) is 9.13 Å². The van der Waals surface area contributed by atoms with Gasteiger partial charge >= 0.3 is 11.7 Å². The number of unbranched alkanes of at least 4 members (excludes halogenated alkanes) is 1. The molecule has 0 radical (unpaired) electrons. The number of hydrogen-bond donors (Lipinski definition) is 1. The molecule has 0 saturated heterocycles. The van der Waals surface area contributed by atoms with Gasteiger partial charge in [0.25, 0.3) is 5.56 Å². The molecule has 0 spiro atoms. The van der Waals surface area contributed by atoms with Crippen molar-refractivity contribution in [1.82, 2.24) is 19.1 Å². The van der Waals surface area contributed by atoms with Crippen LogP contribution in [0.25, 0.3) is 11.2 Å². The van der Waals surface area contributed by atoms with E-state index in [9.17, 15) is 14.4 Å². The zero-order chi connectivity index (χ0) is 21.0. The largest absolute Gasteiger partial charge is 0.479 e. The van der Waals surface area contributed by atoms with Gasteiger partial charge in [0, 0.05) is 13.6 Å². The second-order valence-corrected chi connectivity index (χ2v) is 6.70. The average molecular weight is 400 g/mol. The highest BCUT2D eigenvalue weighted by Crippen LogP contribution is 2.14. The summed E-state index contributed by atoms with van der Waals surface area (Å²) in [5, 5.41) is 0. The third-order valence-corrected chi connectivity index (χ3v) is 4.57. The van der Waals surface area contributed by atoms with E-state index in [-0.39, 0.29) is 17.8 Å². The van der Waals surface area contributed by atoms with Crippen LogP contribution in [-0.4, -0.2) is 31.2 Å². The first-order valence-electron chi connectivity index (χ1n) is 9.49. The summed E-state index contributed by atoms with van der Waals surface area (Å²) in [5.74, 6) is 0.367. The first-order valence-corrected chi connectivity index (χ1v) is 9.49. The van der Waals surface area contributed by atoms with Gasteiger partial charge < -0.3 is 14.0 Å². The van der Waals surface area contributed by atoms with Gasteiger partial charge in [-0.1, -0.05) is 31.5 Å². The summed E-state index contributed by atoms with van der Waals surface area (Å²) < 4.78 is 13.8. The molecule has 3 aromatic rings. The van der Waals surface area contributed by atoms with Crippen molar-refractivity contribution in [3.63, 3.8) is 0 Å². The Balaban J connectivity index is 1.79. The van der Waals surface area contributed by atoms with Gasteiger partial charge in [0.1, 0.15) is 18.2 Å². The number of carbonyl (C=O) groups excluding carboxylic acids is 1. The molecule has 1 aromatic carbocycles. The van der Waals surface area contributed by atoms with Crippen LogP contribution >= 0.6 is 0 Å². The number of esters is 1. The van der Waals surface area contributed by atoms with Crippen LogP contribution < -0.4 is 16.0 Å². The predicted octanol–water partition coefficient (Wildman–Crippen LogP) is 1.73. The first kappa shape index (κ1) is 20.4. The van der Waals surface area contributed by atoms with Gasteiger partial charge in [0.2, 0.25) is 0 Å². The summed E-state index contributed by atoms with van der Waals surface area (Å²) in [6.07, 6.45) is 0.859. The number of carbonyl (C=O) groups is 1. The van der Waals surface area contributed by atoms with Crippen LogP contribution in [0.5, 0.6) is 5.75 Å². The molecular weight excluding hydrogens is 376 g/mol. The Morgan fingerprint density at radius 3 is 2.66 bits per heavy atom. The summed E-state index contributed by atoms with van der Waals surface area (Å²) in [4.78, 5) is 43.4. The Bertz CT molecular complexity index is 1110. The highest BCUT2D eigenvalue weighted by molar-refractivity contribution is 5.75. The van der Waals surface area contributed by atoms with Crippen molar-refractivity contribution in [2.24, 2.45) is 7.05 Å². The fourth-order valence-electron chi connectivity index (χ4n) is 2.95. The Kier molecular flexibility index (Phi) is 6.16. The first-order chi connectivity index (χ1) is 13.9. The van der Waals surface area contributed by atoms with Gasteiger partial charge in [0.15, 0.2) is 17.3 Å². The Labute approximate surface area is 166 Å². The molecule has 1 N–H and O–H groups in total. The van der Waals surface area contributed by atoms with Crippen molar-refractivity contribution in [1.29, 1.82) is 0 Å². The number of nitrogens with zero attached hydrogens (tertiary/aromatic N) is 3.